The second-order valence-electron chi connectivity index (χ2n) is 8.36. The van der Waals surface area contributed by atoms with E-state index in [9.17, 15) is 4.79 Å². The fourth-order valence-electron chi connectivity index (χ4n) is 4.45. The average molecular weight is 457 g/mol. The van der Waals surface area contributed by atoms with Crippen LogP contribution in [-0.2, 0) is 14.3 Å². The van der Waals surface area contributed by atoms with Crippen molar-refractivity contribution in [1.29, 1.82) is 0 Å². The summed E-state index contributed by atoms with van der Waals surface area (Å²) in [5, 5.41) is 5.14. The number of carbonyl (C=O) groups excluding carboxylic acids is 1. The number of benzene rings is 1. The number of ether oxygens (including phenoxy) is 2. The molecule has 1 aliphatic heterocycles. The zero-order valence-electron chi connectivity index (χ0n) is 17.8. The molecule has 7 nitrogen and oxygen atoms in total. The van der Waals surface area contributed by atoms with Crippen LogP contribution in [0.3, 0.4) is 0 Å². The highest BCUT2D eigenvalue weighted by molar-refractivity contribution is 7.98. The van der Waals surface area contributed by atoms with Crippen molar-refractivity contribution in [2.24, 2.45) is 5.92 Å². The third-order valence-electron chi connectivity index (χ3n) is 5.76. The monoisotopic (exact) mass is 456 g/mol. The number of nitrogens with one attached hydrogen (secondary N) is 1. The summed E-state index contributed by atoms with van der Waals surface area (Å²) < 4.78 is 13.3. The smallest absolute Gasteiger partial charge is 0.189 e. The highest BCUT2D eigenvalue weighted by atomic mass is 32.2. The van der Waals surface area contributed by atoms with Crippen LogP contribution in [0.25, 0.3) is 20.8 Å². The summed E-state index contributed by atoms with van der Waals surface area (Å²) in [6, 6.07) is 7.98. The molecule has 3 aromatic rings. The Labute approximate surface area is 189 Å². The van der Waals surface area contributed by atoms with E-state index in [1.165, 1.54) is 11.8 Å². The molecule has 162 valence electrons. The Bertz CT molecular complexity index is 1120. The Hall–Kier alpha value is -2.07. The molecule has 2 aliphatic rings. The van der Waals surface area contributed by atoms with Gasteiger partial charge in [0, 0.05) is 5.92 Å². The molecular weight excluding hydrogens is 432 g/mol. The number of nitrogens with zero attached hydrogens (tertiary/aromatic N) is 3. The van der Waals surface area contributed by atoms with Gasteiger partial charge in [-0.1, -0.05) is 23.9 Å². The number of aldehydes is 1. The average Bonchev–Trinajstić information content (AvgIpc) is 3.38. The first-order valence-corrected chi connectivity index (χ1v) is 12.3. The molecule has 1 saturated heterocycles. The van der Waals surface area contributed by atoms with Gasteiger partial charge in [0.05, 0.1) is 33.6 Å². The number of hydrogen-bond acceptors (Lipinski definition) is 9. The topological polar surface area (TPSA) is 86.2 Å². The first kappa shape index (κ1) is 20.8. The molecule has 1 N–H and O–H groups in total. The molecule has 0 radical (unpaired) electrons. The maximum atomic E-state index is 11.7. The van der Waals surface area contributed by atoms with Crippen LogP contribution in [0, 0.1) is 12.8 Å². The molecule has 1 aromatic carbocycles. The van der Waals surface area contributed by atoms with E-state index < -0.39 is 5.79 Å². The third kappa shape index (κ3) is 3.73. The molecule has 31 heavy (non-hydrogen) atoms. The van der Waals surface area contributed by atoms with Crippen LogP contribution in [-0.4, -0.2) is 51.5 Å². The first-order valence-electron chi connectivity index (χ1n) is 10.2. The Morgan fingerprint density at radius 2 is 1.97 bits per heavy atom. The number of fused-ring (bicyclic) bond motifs is 2. The maximum absolute atomic E-state index is 11.7. The molecule has 0 amide bonds. The van der Waals surface area contributed by atoms with Gasteiger partial charge >= 0.3 is 0 Å². The Kier molecular flexibility index (Phi) is 5.24. The lowest BCUT2D eigenvalue weighted by Crippen LogP contribution is -2.35. The Morgan fingerprint density at radius 1 is 1.19 bits per heavy atom. The minimum Gasteiger partial charge on any atom is -0.364 e. The van der Waals surface area contributed by atoms with Gasteiger partial charge in [-0.3, -0.25) is 0 Å². The van der Waals surface area contributed by atoms with E-state index in [1.807, 2.05) is 45.2 Å². The van der Waals surface area contributed by atoms with E-state index in [2.05, 4.69) is 16.4 Å². The lowest BCUT2D eigenvalue weighted by atomic mass is 10.1. The summed E-state index contributed by atoms with van der Waals surface area (Å²) in [4.78, 5) is 26.0. The first-order chi connectivity index (χ1) is 14.9. The zero-order valence-corrected chi connectivity index (χ0v) is 19.4. The van der Waals surface area contributed by atoms with Gasteiger partial charge < -0.3 is 19.6 Å². The van der Waals surface area contributed by atoms with E-state index in [0.717, 1.165) is 38.6 Å². The van der Waals surface area contributed by atoms with Crippen molar-refractivity contribution in [3.8, 4) is 10.6 Å². The van der Waals surface area contributed by atoms with Gasteiger partial charge in [0.25, 0.3) is 0 Å². The highest BCUT2D eigenvalue weighted by Crippen LogP contribution is 2.43. The SMILES string of the molecule is CSc1nc(C)c(-c2nc3ccccc3s2)c(N[C@@H]2C[C@H](C=O)[C@H]3OC(C)(C)O[C@H]32)n1. The summed E-state index contributed by atoms with van der Waals surface area (Å²) in [5.41, 5.74) is 2.72. The van der Waals surface area contributed by atoms with Crippen molar-refractivity contribution >= 4 is 45.4 Å². The van der Waals surface area contributed by atoms with Gasteiger partial charge in [0.15, 0.2) is 10.9 Å². The molecule has 3 heterocycles. The summed E-state index contributed by atoms with van der Waals surface area (Å²) in [6.07, 6.45) is 3.10. The van der Waals surface area contributed by atoms with Crippen LogP contribution in [0.4, 0.5) is 5.82 Å². The minimum atomic E-state index is -0.709. The second kappa shape index (κ2) is 7.81. The zero-order chi connectivity index (χ0) is 21.8. The number of aromatic nitrogens is 3. The molecule has 2 fully saturated rings. The van der Waals surface area contributed by atoms with E-state index in [-0.39, 0.29) is 24.2 Å². The molecule has 0 bridgehead atoms. The Balaban J connectivity index is 1.55. The molecule has 2 aromatic heterocycles. The molecule has 1 saturated carbocycles. The van der Waals surface area contributed by atoms with Crippen molar-refractivity contribution in [1.82, 2.24) is 15.0 Å². The van der Waals surface area contributed by atoms with E-state index in [0.29, 0.717) is 11.6 Å². The van der Waals surface area contributed by atoms with Crippen LogP contribution in [0.5, 0.6) is 0 Å². The fraction of sp³-hybridized carbons (Fsp3) is 0.455. The van der Waals surface area contributed by atoms with E-state index in [1.54, 1.807) is 11.3 Å². The lowest BCUT2D eigenvalue weighted by Gasteiger charge is -2.24. The predicted octanol–water partition coefficient (Wildman–Crippen LogP) is 4.30. The molecular formula is C22H24N4O3S2. The number of aryl methyl sites for hydroxylation is 1. The van der Waals surface area contributed by atoms with Crippen LogP contribution < -0.4 is 5.32 Å². The molecule has 4 atom stereocenters. The van der Waals surface area contributed by atoms with E-state index >= 15 is 0 Å². The van der Waals surface area contributed by atoms with Gasteiger partial charge in [-0.05, 0) is 45.6 Å². The number of rotatable bonds is 5. The van der Waals surface area contributed by atoms with Gasteiger partial charge in [-0.15, -0.1) is 11.3 Å². The van der Waals surface area contributed by atoms with E-state index in [4.69, 9.17) is 19.4 Å². The number of anilines is 1. The van der Waals surface area contributed by atoms with Crippen molar-refractivity contribution in [2.45, 2.75) is 56.4 Å². The normalized spacial score (nSPS) is 26.8. The summed E-state index contributed by atoms with van der Waals surface area (Å²) in [6.45, 7) is 5.76. The van der Waals surface area contributed by atoms with Crippen molar-refractivity contribution in [3.05, 3.63) is 30.0 Å². The van der Waals surface area contributed by atoms with Crippen LogP contribution >= 0.6 is 23.1 Å². The largest absolute Gasteiger partial charge is 0.364 e. The summed E-state index contributed by atoms with van der Waals surface area (Å²) in [5.74, 6) is -0.198. The van der Waals surface area contributed by atoms with Gasteiger partial charge in [-0.25, -0.2) is 15.0 Å². The summed E-state index contributed by atoms with van der Waals surface area (Å²) >= 11 is 3.12. The van der Waals surface area contributed by atoms with Gasteiger partial charge in [0.2, 0.25) is 0 Å². The molecule has 0 unspecified atom stereocenters. The van der Waals surface area contributed by atoms with Crippen LogP contribution in [0.2, 0.25) is 0 Å². The van der Waals surface area contributed by atoms with Crippen molar-refractivity contribution < 1.29 is 14.3 Å². The fourth-order valence-corrected chi connectivity index (χ4v) is 5.92. The Morgan fingerprint density at radius 3 is 2.71 bits per heavy atom. The third-order valence-corrected chi connectivity index (χ3v) is 7.37. The lowest BCUT2D eigenvalue weighted by molar-refractivity contribution is -0.157. The minimum absolute atomic E-state index is 0.0980. The quantitative estimate of drug-likeness (QED) is 0.345. The number of hydrogen-bond donors (Lipinski definition) is 1. The second-order valence-corrected chi connectivity index (χ2v) is 10.2. The number of carbonyl (C=O) groups is 1. The van der Waals surface area contributed by atoms with Gasteiger partial charge in [0.1, 0.15) is 23.2 Å². The molecule has 1 aliphatic carbocycles. The van der Waals surface area contributed by atoms with Crippen LogP contribution in [0.1, 0.15) is 26.0 Å². The maximum Gasteiger partial charge on any atom is 0.189 e. The number of thiazole rings is 1. The van der Waals surface area contributed by atoms with Crippen molar-refractivity contribution in [2.75, 3.05) is 11.6 Å². The summed E-state index contributed by atoms with van der Waals surface area (Å²) in [7, 11) is 0. The molecule has 0 spiro atoms. The highest BCUT2D eigenvalue weighted by Gasteiger charge is 2.54. The number of para-hydroxylation sites is 1. The predicted molar refractivity (Wildman–Crippen MR) is 123 cm³/mol. The standard InChI is InChI=1S/C22H24N4O3S2/c1-11-16(20-25-13-7-5-6-8-15(13)31-20)19(26-21(23-11)30-4)24-14-9-12(10-27)17-18(14)29-22(2,3)28-17/h5-8,10,12,14,17-18H,9H2,1-4H3,(H,23,24,26)/t12-,14-,17-,18+/m1/s1. The van der Waals surface area contributed by atoms with Crippen LogP contribution in [0.15, 0.2) is 29.4 Å². The number of thioether (sulfide) groups is 1. The van der Waals surface area contributed by atoms with Crippen molar-refractivity contribution in [3.63, 3.8) is 0 Å². The molecule has 9 heteroatoms. The molecule has 5 rings (SSSR count). The van der Waals surface area contributed by atoms with Gasteiger partial charge in [-0.2, -0.15) is 0 Å².